The lowest BCUT2D eigenvalue weighted by Gasteiger charge is -2.24. The van der Waals surface area contributed by atoms with Gasteiger partial charge in [-0.1, -0.05) is 12.1 Å². The van der Waals surface area contributed by atoms with Gasteiger partial charge in [0.1, 0.15) is 0 Å². The normalized spacial score (nSPS) is 17.6. The Morgan fingerprint density at radius 2 is 1.96 bits per heavy atom. The smallest absolute Gasteiger partial charge is 0.224 e. The predicted octanol–water partition coefficient (Wildman–Crippen LogP) is 3.51. The van der Waals surface area contributed by atoms with Crippen molar-refractivity contribution in [2.24, 2.45) is 5.92 Å². The van der Waals surface area contributed by atoms with Crippen molar-refractivity contribution in [3.63, 3.8) is 0 Å². The summed E-state index contributed by atoms with van der Waals surface area (Å²) >= 11 is 0. The fourth-order valence-electron chi connectivity index (χ4n) is 3.28. The van der Waals surface area contributed by atoms with Crippen LogP contribution in [0.3, 0.4) is 0 Å². The van der Waals surface area contributed by atoms with Gasteiger partial charge < -0.3 is 10.6 Å². The summed E-state index contributed by atoms with van der Waals surface area (Å²) in [5.74, 6) is 0.243. The van der Waals surface area contributed by atoms with E-state index in [1.165, 1.54) is 0 Å². The van der Waals surface area contributed by atoms with Crippen LogP contribution in [0.15, 0.2) is 30.3 Å². The van der Waals surface area contributed by atoms with Crippen molar-refractivity contribution < 1.29 is 4.79 Å². The molecule has 0 spiro atoms. The quantitative estimate of drug-likeness (QED) is 0.827. The molecule has 144 valence electrons. The number of halogens is 2. The summed E-state index contributed by atoms with van der Waals surface area (Å²) in [6.45, 7) is 7.89. The molecule has 1 saturated heterocycles. The van der Waals surface area contributed by atoms with Gasteiger partial charge in [0.2, 0.25) is 5.91 Å². The molecular weight excluding hydrogens is 371 g/mol. The average molecular weight is 399 g/mol. The zero-order valence-electron chi connectivity index (χ0n) is 15.5. The summed E-state index contributed by atoms with van der Waals surface area (Å²) in [6.07, 6.45) is 2.05. The number of rotatable bonds is 4. The molecule has 5 nitrogen and oxygen atoms in total. The molecule has 1 aliphatic heterocycles. The Hall–Kier alpha value is -1.56. The first-order chi connectivity index (χ1) is 11.5. The first-order valence-electron chi connectivity index (χ1n) is 8.69. The third kappa shape index (κ3) is 5.22. The highest BCUT2D eigenvalue weighted by Gasteiger charge is 2.22. The van der Waals surface area contributed by atoms with Gasteiger partial charge in [-0.3, -0.25) is 4.79 Å². The van der Waals surface area contributed by atoms with Gasteiger partial charge in [0.25, 0.3) is 0 Å². The second kappa shape index (κ2) is 9.95. The summed E-state index contributed by atoms with van der Waals surface area (Å²) < 4.78 is 1.94. The third-order valence-corrected chi connectivity index (χ3v) is 4.67. The van der Waals surface area contributed by atoms with E-state index in [9.17, 15) is 4.79 Å². The molecule has 2 aromatic rings. The standard InChI is InChI=1S/C19H26N4O.2ClH/c1-13-11-14(2)23(22-13)18-8-6-16(7-9-18)15(3)21-19(24)17-5-4-10-20-12-17;;/h6-9,11,15,17,20H,4-5,10,12H2,1-3H3,(H,21,24);2*1H. The van der Waals surface area contributed by atoms with Crippen molar-refractivity contribution in [3.05, 3.63) is 47.3 Å². The molecule has 1 aromatic heterocycles. The molecule has 2 atom stereocenters. The molecule has 0 radical (unpaired) electrons. The van der Waals surface area contributed by atoms with E-state index in [1.54, 1.807) is 0 Å². The number of carbonyl (C=O) groups is 1. The number of hydrogen-bond acceptors (Lipinski definition) is 3. The van der Waals surface area contributed by atoms with Crippen LogP contribution in [0.5, 0.6) is 0 Å². The highest BCUT2D eigenvalue weighted by Crippen LogP contribution is 2.18. The van der Waals surface area contributed by atoms with Gasteiger partial charge in [0.05, 0.1) is 23.3 Å². The molecule has 3 rings (SSSR count). The van der Waals surface area contributed by atoms with E-state index in [0.29, 0.717) is 0 Å². The van der Waals surface area contributed by atoms with Crippen LogP contribution in [0.4, 0.5) is 0 Å². The van der Waals surface area contributed by atoms with Crippen LogP contribution in [0.1, 0.15) is 42.8 Å². The van der Waals surface area contributed by atoms with Crippen LogP contribution in [0.25, 0.3) is 5.69 Å². The van der Waals surface area contributed by atoms with Crippen LogP contribution >= 0.6 is 24.8 Å². The van der Waals surface area contributed by atoms with E-state index in [1.807, 2.05) is 18.5 Å². The van der Waals surface area contributed by atoms with E-state index in [2.05, 4.69) is 53.0 Å². The number of aryl methyl sites for hydroxylation is 2. The third-order valence-electron chi connectivity index (χ3n) is 4.67. The second-order valence-electron chi connectivity index (χ2n) is 6.70. The highest BCUT2D eigenvalue weighted by molar-refractivity contribution is 5.85. The SMILES string of the molecule is Cc1cc(C)n(-c2ccc(C(C)NC(=O)C3CCCNC3)cc2)n1.Cl.Cl. The summed E-state index contributed by atoms with van der Waals surface area (Å²) in [7, 11) is 0. The van der Waals surface area contributed by atoms with Gasteiger partial charge in [-0.15, -0.1) is 24.8 Å². The minimum absolute atomic E-state index is 0. The maximum atomic E-state index is 12.4. The van der Waals surface area contributed by atoms with Crippen molar-refractivity contribution in [2.75, 3.05) is 13.1 Å². The molecular formula is C19H28Cl2N4O. The van der Waals surface area contributed by atoms with Gasteiger partial charge in [0.15, 0.2) is 0 Å². The number of hydrogen-bond donors (Lipinski definition) is 2. The zero-order chi connectivity index (χ0) is 17.1. The van der Waals surface area contributed by atoms with Crippen molar-refractivity contribution in [2.45, 2.75) is 39.7 Å². The maximum Gasteiger partial charge on any atom is 0.224 e. The van der Waals surface area contributed by atoms with Crippen molar-refractivity contribution in [3.8, 4) is 5.69 Å². The summed E-state index contributed by atoms with van der Waals surface area (Å²) in [5.41, 5.74) is 4.28. The molecule has 0 aliphatic carbocycles. The topological polar surface area (TPSA) is 59.0 Å². The maximum absolute atomic E-state index is 12.4. The molecule has 26 heavy (non-hydrogen) atoms. The van der Waals surface area contributed by atoms with Crippen LogP contribution in [-0.4, -0.2) is 28.8 Å². The Balaban J connectivity index is 0.00000169. The average Bonchev–Trinajstić information content (AvgIpc) is 2.94. The van der Waals surface area contributed by atoms with E-state index in [4.69, 9.17) is 0 Å². The molecule has 1 fully saturated rings. The number of nitrogens with zero attached hydrogens (tertiary/aromatic N) is 2. The van der Waals surface area contributed by atoms with Crippen LogP contribution in [0.2, 0.25) is 0 Å². The minimum Gasteiger partial charge on any atom is -0.349 e. The highest BCUT2D eigenvalue weighted by atomic mass is 35.5. The Morgan fingerprint density at radius 3 is 2.50 bits per heavy atom. The molecule has 0 bridgehead atoms. The number of benzene rings is 1. The van der Waals surface area contributed by atoms with Crippen molar-refractivity contribution >= 4 is 30.7 Å². The summed E-state index contributed by atoms with van der Waals surface area (Å²) in [5, 5.41) is 10.9. The number of carbonyl (C=O) groups excluding carboxylic acids is 1. The lowest BCUT2D eigenvalue weighted by atomic mass is 9.98. The lowest BCUT2D eigenvalue weighted by molar-refractivity contribution is -0.126. The molecule has 2 N–H and O–H groups in total. The lowest BCUT2D eigenvalue weighted by Crippen LogP contribution is -2.41. The Morgan fingerprint density at radius 1 is 1.27 bits per heavy atom. The molecule has 2 unspecified atom stereocenters. The van der Waals surface area contributed by atoms with Crippen LogP contribution in [0, 0.1) is 19.8 Å². The minimum atomic E-state index is 0. The van der Waals surface area contributed by atoms with E-state index in [-0.39, 0.29) is 42.7 Å². The monoisotopic (exact) mass is 398 g/mol. The fraction of sp³-hybridized carbons (Fsp3) is 0.474. The Bertz CT molecular complexity index is 709. The van der Waals surface area contributed by atoms with E-state index in [0.717, 1.165) is 48.6 Å². The number of amides is 1. The second-order valence-corrected chi connectivity index (χ2v) is 6.70. The van der Waals surface area contributed by atoms with E-state index >= 15 is 0 Å². The van der Waals surface area contributed by atoms with Gasteiger partial charge in [-0.25, -0.2) is 4.68 Å². The Kier molecular flexibility index (Phi) is 8.60. The first-order valence-corrected chi connectivity index (χ1v) is 8.69. The molecule has 1 amide bonds. The van der Waals surface area contributed by atoms with Gasteiger partial charge in [0, 0.05) is 12.2 Å². The Labute approximate surface area is 167 Å². The van der Waals surface area contributed by atoms with Crippen LogP contribution in [-0.2, 0) is 4.79 Å². The molecule has 7 heteroatoms. The van der Waals surface area contributed by atoms with E-state index < -0.39 is 0 Å². The van der Waals surface area contributed by atoms with Crippen LogP contribution < -0.4 is 10.6 Å². The molecule has 1 aliphatic rings. The largest absolute Gasteiger partial charge is 0.349 e. The van der Waals surface area contributed by atoms with Crippen molar-refractivity contribution in [1.29, 1.82) is 0 Å². The predicted molar refractivity (Wildman–Crippen MR) is 110 cm³/mol. The number of aromatic nitrogens is 2. The zero-order valence-corrected chi connectivity index (χ0v) is 17.1. The van der Waals surface area contributed by atoms with Gasteiger partial charge in [-0.2, -0.15) is 5.10 Å². The first kappa shape index (κ1) is 22.5. The number of piperidine rings is 1. The molecule has 2 heterocycles. The summed E-state index contributed by atoms with van der Waals surface area (Å²) in [4.78, 5) is 12.4. The van der Waals surface area contributed by atoms with Crippen molar-refractivity contribution in [1.82, 2.24) is 20.4 Å². The summed E-state index contributed by atoms with van der Waals surface area (Å²) in [6, 6.07) is 10.3. The van der Waals surface area contributed by atoms with Gasteiger partial charge >= 0.3 is 0 Å². The number of nitrogens with one attached hydrogen (secondary N) is 2. The van der Waals surface area contributed by atoms with Gasteiger partial charge in [-0.05, 0) is 63.9 Å². The molecule has 0 saturated carbocycles. The molecule has 1 aromatic carbocycles. The fourth-order valence-corrected chi connectivity index (χ4v) is 3.28.